The number of aliphatic imine (C=N–C) groups is 1. The number of nitrogens with zero attached hydrogens (tertiary/aromatic N) is 2. The van der Waals surface area contributed by atoms with Crippen molar-refractivity contribution in [2.45, 2.75) is 20.0 Å². The number of urea groups is 1. The van der Waals surface area contributed by atoms with Gasteiger partial charge in [-0.05, 0) is 31.5 Å². The number of rotatable bonds is 3. The van der Waals surface area contributed by atoms with Crippen molar-refractivity contribution in [1.29, 1.82) is 0 Å². The van der Waals surface area contributed by atoms with E-state index in [1.54, 1.807) is 12.1 Å². The monoisotopic (exact) mass is 264 g/mol. The molecule has 1 aromatic carbocycles. The van der Waals surface area contributed by atoms with Gasteiger partial charge in [0, 0.05) is 13.1 Å². The molecule has 6 heteroatoms. The summed E-state index contributed by atoms with van der Waals surface area (Å²) in [6.07, 6.45) is -0.482. The van der Waals surface area contributed by atoms with Crippen molar-refractivity contribution < 1.29 is 9.18 Å². The Morgan fingerprint density at radius 1 is 1.26 bits per heavy atom. The molecule has 2 N–H and O–H groups in total. The third kappa shape index (κ3) is 3.01. The number of nitrogens with one attached hydrogen (secondary N) is 2. The van der Waals surface area contributed by atoms with E-state index in [2.05, 4.69) is 15.6 Å². The zero-order valence-corrected chi connectivity index (χ0v) is 11.0. The van der Waals surface area contributed by atoms with Gasteiger partial charge < -0.3 is 10.2 Å². The van der Waals surface area contributed by atoms with Crippen molar-refractivity contribution >= 4 is 12.0 Å². The Bertz CT molecular complexity index is 482. The second-order valence-electron chi connectivity index (χ2n) is 4.18. The first kappa shape index (κ1) is 13.3. The zero-order chi connectivity index (χ0) is 13.8. The van der Waals surface area contributed by atoms with E-state index in [9.17, 15) is 9.18 Å². The second kappa shape index (κ2) is 5.69. The number of carbonyl (C=O) groups excluding carboxylic acids is 1. The average molecular weight is 264 g/mol. The van der Waals surface area contributed by atoms with Gasteiger partial charge in [0.2, 0.25) is 5.96 Å². The molecule has 1 aromatic rings. The van der Waals surface area contributed by atoms with Gasteiger partial charge in [0.05, 0.1) is 0 Å². The van der Waals surface area contributed by atoms with E-state index in [0.717, 1.165) is 18.7 Å². The number of hydrogen-bond acceptors (Lipinski definition) is 3. The Morgan fingerprint density at radius 3 is 2.47 bits per heavy atom. The predicted molar refractivity (Wildman–Crippen MR) is 71.2 cm³/mol. The maximum Gasteiger partial charge on any atom is 0.323 e. The summed E-state index contributed by atoms with van der Waals surface area (Å²) < 4.78 is 12.9. The lowest BCUT2D eigenvalue weighted by molar-refractivity contribution is 0.237. The van der Waals surface area contributed by atoms with Crippen LogP contribution in [0.25, 0.3) is 0 Å². The largest absolute Gasteiger partial charge is 0.343 e. The van der Waals surface area contributed by atoms with Crippen LogP contribution in [0.4, 0.5) is 9.18 Å². The van der Waals surface area contributed by atoms with Crippen LogP contribution in [0.2, 0.25) is 0 Å². The van der Waals surface area contributed by atoms with Crippen LogP contribution in [0.15, 0.2) is 29.3 Å². The molecule has 0 bridgehead atoms. The van der Waals surface area contributed by atoms with E-state index in [1.165, 1.54) is 12.1 Å². The molecule has 0 aromatic heterocycles. The summed E-state index contributed by atoms with van der Waals surface area (Å²) in [5.41, 5.74) is 0.751. The first-order chi connectivity index (χ1) is 9.13. The highest BCUT2D eigenvalue weighted by Crippen LogP contribution is 2.17. The van der Waals surface area contributed by atoms with Gasteiger partial charge in [0.15, 0.2) is 6.17 Å². The van der Waals surface area contributed by atoms with Crippen LogP contribution >= 0.6 is 0 Å². The van der Waals surface area contributed by atoms with Crippen LogP contribution in [-0.4, -0.2) is 30.0 Å². The fraction of sp³-hybridized carbons (Fsp3) is 0.385. The molecule has 2 amide bonds. The molecule has 1 unspecified atom stereocenters. The number of carbonyl (C=O) groups is 1. The summed E-state index contributed by atoms with van der Waals surface area (Å²) in [6, 6.07) is 5.65. The van der Waals surface area contributed by atoms with Crippen molar-refractivity contribution in [2.24, 2.45) is 4.99 Å². The van der Waals surface area contributed by atoms with Gasteiger partial charge in [-0.2, -0.15) is 0 Å². The van der Waals surface area contributed by atoms with Gasteiger partial charge in [0.25, 0.3) is 0 Å². The van der Waals surface area contributed by atoms with Crippen molar-refractivity contribution in [2.75, 3.05) is 13.1 Å². The lowest BCUT2D eigenvalue weighted by Gasteiger charge is -2.29. The van der Waals surface area contributed by atoms with E-state index in [1.807, 2.05) is 18.7 Å². The van der Waals surface area contributed by atoms with E-state index < -0.39 is 6.17 Å². The zero-order valence-electron chi connectivity index (χ0n) is 11.0. The normalized spacial score (nSPS) is 18.4. The van der Waals surface area contributed by atoms with E-state index >= 15 is 0 Å². The molecule has 2 rings (SSSR count). The van der Waals surface area contributed by atoms with Crippen LogP contribution in [0.3, 0.4) is 0 Å². The van der Waals surface area contributed by atoms with Crippen molar-refractivity contribution in [3.05, 3.63) is 35.6 Å². The summed E-state index contributed by atoms with van der Waals surface area (Å²) in [7, 11) is 0. The van der Waals surface area contributed by atoms with Gasteiger partial charge >= 0.3 is 6.03 Å². The molecule has 1 atom stereocenters. The molecular weight excluding hydrogens is 247 g/mol. The minimum Gasteiger partial charge on any atom is -0.343 e. The fourth-order valence-corrected chi connectivity index (χ4v) is 1.94. The summed E-state index contributed by atoms with van der Waals surface area (Å²) in [5.74, 6) is 0.236. The summed E-state index contributed by atoms with van der Waals surface area (Å²) in [6.45, 7) is 5.50. The number of hydrogen-bond donors (Lipinski definition) is 2. The molecule has 0 aliphatic carbocycles. The maximum absolute atomic E-state index is 12.9. The molecule has 0 fully saturated rings. The SMILES string of the molecule is CCN(CC)C1=NC(c2ccc(F)cc2)NC(=O)N1. The molecule has 0 radical (unpaired) electrons. The van der Waals surface area contributed by atoms with E-state index in [-0.39, 0.29) is 11.8 Å². The Labute approximate surface area is 111 Å². The number of amides is 2. The second-order valence-corrected chi connectivity index (χ2v) is 4.18. The van der Waals surface area contributed by atoms with Crippen LogP contribution in [0.1, 0.15) is 25.6 Å². The van der Waals surface area contributed by atoms with Gasteiger partial charge in [-0.1, -0.05) is 12.1 Å². The van der Waals surface area contributed by atoms with Gasteiger partial charge in [-0.25, -0.2) is 14.2 Å². The number of benzene rings is 1. The molecule has 0 saturated heterocycles. The topological polar surface area (TPSA) is 56.7 Å². The highest BCUT2D eigenvalue weighted by Gasteiger charge is 2.23. The first-order valence-corrected chi connectivity index (χ1v) is 6.29. The molecule has 5 nitrogen and oxygen atoms in total. The van der Waals surface area contributed by atoms with Crippen LogP contribution in [0.5, 0.6) is 0 Å². The molecule has 102 valence electrons. The average Bonchev–Trinajstić information content (AvgIpc) is 2.40. The molecule has 1 aliphatic rings. The molecule has 0 spiro atoms. The van der Waals surface area contributed by atoms with Gasteiger partial charge in [-0.3, -0.25) is 5.32 Å². The lowest BCUT2D eigenvalue weighted by Crippen LogP contribution is -2.52. The minimum absolute atomic E-state index is 0.300. The first-order valence-electron chi connectivity index (χ1n) is 6.29. The van der Waals surface area contributed by atoms with E-state index in [4.69, 9.17) is 0 Å². The van der Waals surface area contributed by atoms with Crippen LogP contribution in [0, 0.1) is 5.82 Å². The Balaban J connectivity index is 2.27. The highest BCUT2D eigenvalue weighted by molar-refractivity contribution is 5.98. The predicted octanol–water partition coefficient (Wildman–Crippen LogP) is 1.83. The Hall–Kier alpha value is -2.11. The summed E-state index contributed by atoms with van der Waals surface area (Å²) in [5, 5.41) is 5.38. The van der Waals surface area contributed by atoms with Crippen molar-refractivity contribution in [3.63, 3.8) is 0 Å². The Morgan fingerprint density at radius 2 is 1.89 bits per heavy atom. The lowest BCUT2D eigenvalue weighted by atomic mass is 10.1. The summed E-state index contributed by atoms with van der Waals surface area (Å²) in [4.78, 5) is 18.1. The van der Waals surface area contributed by atoms with Crippen molar-refractivity contribution in [1.82, 2.24) is 15.5 Å². The minimum atomic E-state index is -0.482. The molecule has 1 aliphatic heterocycles. The van der Waals surface area contributed by atoms with Crippen LogP contribution < -0.4 is 10.6 Å². The highest BCUT2D eigenvalue weighted by atomic mass is 19.1. The number of halogens is 1. The van der Waals surface area contributed by atoms with Gasteiger partial charge in [0.1, 0.15) is 5.82 Å². The molecular formula is C13H17FN4O. The van der Waals surface area contributed by atoms with E-state index in [0.29, 0.717) is 5.96 Å². The molecule has 0 saturated carbocycles. The third-order valence-electron chi connectivity index (χ3n) is 2.99. The summed E-state index contributed by atoms with van der Waals surface area (Å²) >= 11 is 0. The fourth-order valence-electron chi connectivity index (χ4n) is 1.94. The third-order valence-corrected chi connectivity index (χ3v) is 2.99. The number of guanidine groups is 1. The smallest absolute Gasteiger partial charge is 0.323 e. The van der Waals surface area contributed by atoms with Crippen molar-refractivity contribution in [3.8, 4) is 0 Å². The van der Waals surface area contributed by atoms with Crippen LogP contribution in [-0.2, 0) is 0 Å². The quantitative estimate of drug-likeness (QED) is 0.875. The standard InChI is InChI=1S/C13H17FN4O/c1-3-18(4-2)12-15-11(16-13(19)17-12)9-5-7-10(14)8-6-9/h5-8,11H,3-4H2,1-2H3,(H2,15,16,17,19). The molecule has 19 heavy (non-hydrogen) atoms. The maximum atomic E-state index is 12.9. The molecule has 1 heterocycles. The Kier molecular flexibility index (Phi) is 3.99. The van der Waals surface area contributed by atoms with Gasteiger partial charge in [-0.15, -0.1) is 0 Å².